The van der Waals surface area contributed by atoms with Crippen molar-refractivity contribution < 1.29 is 14.3 Å². The minimum absolute atomic E-state index is 0.215. The zero-order valence-corrected chi connectivity index (χ0v) is 24.2. The van der Waals surface area contributed by atoms with Crippen molar-refractivity contribution in [2.45, 2.75) is 66.2 Å². The molecule has 2 atom stereocenters. The van der Waals surface area contributed by atoms with Crippen LogP contribution in [0.2, 0.25) is 0 Å². The first-order chi connectivity index (χ1) is 18.3. The number of hydrogen-bond acceptors (Lipinski definition) is 7. The molecular formula is C29H34N6O3S. The van der Waals surface area contributed by atoms with Gasteiger partial charge in [0.2, 0.25) is 0 Å². The number of pyridine rings is 1. The number of carbonyl (C=O) groups is 2. The first kappa shape index (κ1) is 28.0. The van der Waals surface area contributed by atoms with Gasteiger partial charge in [-0.25, -0.2) is 14.6 Å². The summed E-state index contributed by atoms with van der Waals surface area (Å²) < 4.78 is 5.58. The van der Waals surface area contributed by atoms with Crippen LogP contribution in [0.5, 0.6) is 0 Å². The number of benzene rings is 1. The molecule has 2 aromatic heterocycles. The molecule has 39 heavy (non-hydrogen) atoms. The summed E-state index contributed by atoms with van der Waals surface area (Å²) in [6.45, 7) is 14.0. The molecule has 1 aliphatic heterocycles. The lowest BCUT2D eigenvalue weighted by atomic mass is 10.0. The highest BCUT2D eigenvalue weighted by Crippen LogP contribution is 2.40. The van der Waals surface area contributed by atoms with Crippen molar-refractivity contribution in [1.29, 1.82) is 5.26 Å². The highest BCUT2D eigenvalue weighted by molar-refractivity contribution is 7.19. The van der Waals surface area contributed by atoms with Gasteiger partial charge in [-0.1, -0.05) is 23.5 Å². The van der Waals surface area contributed by atoms with Crippen LogP contribution < -0.4 is 5.32 Å². The van der Waals surface area contributed by atoms with Gasteiger partial charge in [-0.15, -0.1) is 0 Å². The summed E-state index contributed by atoms with van der Waals surface area (Å²) in [6.07, 6.45) is -0.376. The van der Waals surface area contributed by atoms with Crippen LogP contribution in [0.4, 0.5) is 14.7 Å². The minimum Gasteiger partial charge on any atom is -0.444 e. The van der Waals surface area contributed by atoms with Crippen molar-refractivity contribution in [2.24, 2.45) is 0 Å². The Kier molecular flexibility index (Phi) is 7.93. The average molecular weight is 547 g/mol. The highest BCUT2D eigenvalue weighted by atomic mass is 32.1. The van der Waals surface area contributed by atoms with E-state index in [0.717, 1.165) is 27.4 Å². The van der Waals surface area contributed by atoms with Gasteiger partial charge in [0.05, 0.1) is 34.3 Å². The molecule has 1 fully saturated rings. The number of nitriles is 1. The van der Waals surface area contributed by atoms with E-state index in [9.17, 15) is 14.9 Å². The first-order valence-electron chi connectivity index (χ1n) is 12.9. The molecule has 10 heteroatoms. The van der Waals surface area contributed by atoms with Crippen LogP contribution >= 0.6 is 11.3 Å². The maximum Gasteiger partial charge on any atom is 0.410 e. The zero-order chi connectivity index (χ0) is 28.5. The monoisotopic (exact) mass is 546 g/mol. The molecule has 0 aliphatic carbocycles. The summed E-state index contributed by atoms with van der Waals surface area (Å²) in [5.74, 6) is 0. The summed E-state index contributed by atoms with van der Waals surface area (Å²) in [5.41, 5.74) is 4.13. The summed E-state index contributed by atoms with van der Waals surface area (Å²) in [6, 6.07) is 12.7. The van der Waals surface area contributed by atoms with Crippen molar-refractivity contribution >= 4 is 28.6 Å². The van der Waals surface area contributed by atoms with Crippen LogP contribution in [0, 0.1) is 25.2 Å². The normalized spacial score (nSPS) is 17.5. The van der Waals surface area contributed by atoms with E-state index in [-0.39, 0.29) is 24.2 Å². The first-order valence-corrected chi connectivity index (χ1v) is 13.7. The number of nitrogens with zero attached hydrogens (tertiary/aromatic N) is 5. The number of aryl methyl sites for hydroxylation is 2. The molecule has 3 amide bonds. The summed E-state index contributed by atoms with van der Waals surface area (Å²) >= 11 is 1.38. The van der Waals surface area contributed by atoms with Crippen molar-refractivity contribution in [2.75, 3.05) is 18.4 Å². The van der Waals surface area contributed by atoms with E-state index >= 15 is 0 Å². The standard InChI is InChI=1S/C29H34N6O3S/c1-17-11-23(12-18(2)31-17)25-24(22-10-8-9-21(13-22)14-30)32-26(39-25)33-27(36)34-15-19(3)35(20(4)16-34)28(37)38-29(5,6)7/h8-13,19-20H,15-16H2,1-7H3,(H,32,33,36)/t19-,20?/m1/s1. The smallest absolute Gasteiger partial charge is 0.410 e. The van der Waals surface area contributed by atoms with Gasteiger partial charge in [0, 0.05) is 30.0 Å². The molecule has 0 spiro atoms. The van der Waals surface area contributed by atoms with E-state index < -0.39 is 5.60 Å². The fourth-order valence-electron chi connectivity index (χ4n) is 4.80. The number of urea groups is 1. The van der Waals surface area contributed by atoms with Gasteiger partial charge < -0.3 is 9.64 Å². The number of thiazole rings is 1. The Morgan fingerprint density at radius 1 is 1.05 bits per heavy atom. The second-order valence-corrected chi connectivity index (χ2v) is 11.9. The molecule has 1 N–H and O–H groups in total. The molecule has 204 valence electrons. The maximum absolute atomic E-state index is 13.4. The van der Waals surface area contributed by atoms with Crippen LogP contribution in [0.3, 0.4) is 0 Å². The van der Waals surface area contributed by atoms with Crippen molar-refractivity contribution in [3.8, 4) is 27.8 Å². The minimum atomic E-state index is -0.593. The molecule has 9 nitrogen and oxygen atoms in total. The number of ether oxygens (including phenoxy) is 1. The van der Waals surface area contributed by atoms with Gasteiger partial charge in [0.15, 0.2) is 5.13 Å². The summed E-state index contributed by atoms with van der Waals surface area (Å²) in [7, 11) is 0. The molecule has 0 bridgehead atoms. The van der Waals surface area contributed by atoms with Gasteiger partial charge >= 0.3 is 12.1 Å². The molecule has 0 saturated carbocycles. The largest absolute Gasteiger partial charge is 0.444 e. The lowest BCUT2D eigenvalue weighted by Gasteiger charge is -2.44. The third kappa shape index (κ3) is 6.55. The lowest BCUT2D eigenvalue weighted by Crippen LogP contribution is -2.61. The van der Waals surface area contributed by atoms with E-state index in [0.29, 0.717) is 29.5 Å². The molecule has 1 aliphatic rings. The van der Waals surface area contributed by atoms with Gasteiger partial charge in [-0.05, 0) is 78.3 Å². The van der Waals surface area contributed by atoms with E-state index in [1.54, 1.807) is 21.9 Å². The fourth-order valence-corrected chi connectivity index (χ4v) is 5.76. The van der Waals surface area contributed by atoms with Gasteiger partial charge in [0.1, 0.15) is 5.60 Å². The molecule has 3 heterocycles. The van der Waals surface area contributed by atoms with Crippen LogP contribution in [0.1, 0.15) is 51.6 Å². The fraction of sp³-hybridized carbons (Fsp3) is 0.414. The molecule has 1 aromatic carbocycles. The van der Waals surface area contributed by atoms with E-state index in [1.165, 1.54) is 11.3 Å². The lowest BCUT2D eigenvalue weighted by molar-refractivity contribution is -0.00868. The Bertz CT molecular complexity index is 1410. The number of aromatic nitrogens is 2. The third-order valence-corrected chi connectivity index (χ3v) is 7.28. The Hall–Kier alpha value is -3.97. The van der Waals surface area contributed by atoms with Gasteiger partial charge in [-0.3, -0.25) is 15.2 Å². The highest BCUT2D eigenvalue weighted by Gasteiger charge is 2.37. The Morgan fingerprint density at radius 2 is 1.69 bits per heavy atom. The average Bonchev–Trinajstić information content (AvgIpc) is 3.25. The second-order valence-electron chi connectivity index (χ2n) is 10.9. The Labute approximate surface area is 233 Å². The Morgan fingerprint density at radius 3 is 2.28 bits per heavy atom. The number of hydrogen-bond donors (Lipinski definition) is 1. The van der Waals surface area contributed by atoms with Gasteiger partial charge in [-0.2, -0.15) is 5.26 Å². The maximum atomic E-state index is 13.4. The van der Waals surface area contributed by atoms with E-state index in [2.05, 4.69) is 16.4 Å². The predicted molar refractivity (Wildman–Crippen MR) is 153 cm³/mol. The van der Waals surface area contributed by atoms with Crippen LogP contribution in [-0.4, -0.2) is 62.7 Å². The zero-order valence-electron chi connectivity index (χ0n) is 23.4. The molecule has 3 aromatic rings. The van der Waals surface area contributed by atoms with Crippen LogP contribution in [-0.2, 0) is 4.74 Å². The SMILES string of the molecule is Cc1cc(-c2sc(NC(=O)N3CC(C)N(C(=O)OC(C)(C)C)[C@H](C)C3)nc2-c2cccc(C#N)c2)cc(C)n1. The predicted octanol–water partition coefficient (Wildman–Crippen LogP) is 6.22. The number of amides is 3. The third-order valence-electron chi connectivity index (χ3n) is 6.26. The van der Waals surface area contributed by atoms with Crippen LogP contribution in [0.15, 0.2) is 36.4 Å². The van der Waals surface area contributed by atoms with E-state index in [4.69, 9.17) is 9.72 Å². The van der Waals surface area contributed by atoms with Gasteiger partial charge in [0.25, 0.3) is 0 Å². The van der Waals surface area contributed by atoms with Crippen molar-refractivity contribution in [3.05, 3.63) is 53.3 Å². The second kappa shape index (κ2) is 11.0. The molecule has 0 radical (unpaired) electrons. The number of carbonyl (C=O) groups excluding carboxylic acids is 2. The summed E-state index contributed by atoms with van der Waals surface area (Å²) in [5, 5.41) is 12.8. The number of piperazine rings is 1. The topological polar surface area (TPSA) is 111 Å². The summed E-state index contributed by atoms with van der Waals surface area (Å²) in [4.78, 5) is 39.7. The molecule has 1 unspecified atom stereocenters. The quantitative estimate of drug-likeness (QED) is 0.417. The van der Waals surface area contributed by atoms with E-state index in [1.807, 2.05) is 72.7 Å². The van der Waals surface area contributed by atoms with Crippen molar-refractivity contribution in [3.63, 3.8) is 0 Å². The number of rotatable bonds is 3. The Balaban J connectivity index is 1.60. The molecule has 4 rings (SSSR count). The number of anilines is 1. The number of nitrogens with one attached hydrogen (secondary N) is 1. The van der Waals surface area contributed by atoms with Crippen molar-refractivity contribution in [1.82, 2.24) is 19.8 Å². The molecule has 1 saturated heterocycles. The van der Waals surface area contributed by atoms with Crippen LogP contribution in [0.25, 0.3) is 21.7 Å². The molecular weight excluding hydrogens is 512 g/mol.